The second kappa shape index (κ2) is 6.60. The van der Waals surface area contributed by atoms with E-state index in [4.69, 9.17) is 20.8 Å². The largest absolute Gasteiger partial charge is 0.453 e. The molecule has 0 fully saturated rings. The summed E-state index contributed by atoms with van der Waals surface area (Å²) in [6, 6.07) is 10.4. The van der Waals surface area contributed by atoms with E-state index in [0.29, 0.717) is 29.6 Å². The third-order valence-corrected chi connectivity index (χ3v) is 3.50. The van der Waals surface area contributed by atoms with Gasteiger partial charge in [0.2, 0.25) is 5.88 Å². The topological polar surface area (TPSA) is 52.3 Å². The number of alkyl halides is 3. The lowest BCUT2D eigenvalue weighted by Gasteiger charge is -2.10. The van der Waals surface area contributed by atoms with Gasteiger partial charge < -0.3 is 9.15 Å². The lowest BCUT2D eigenvalue weighted by atomic mass is 10.2. The monoisotopic (exact) mass is 367 g/mol. The van der Waals surface area contributed by atoms with E-state index in [1.807, 2.05) is 0 Å². The Morgan fingerprint density at radius 3 is 2.40 bits per heavy atom. The summed E-state index contributed by atoms with van der Waals surface area (Å²) in [5.74, 6) is 0.902. The molecule has 4 nitrogen and oxygen atoms in total. The molecule has 128 valence electrons. The van der Waals surface area contributed by atoms with Crippen LogP contribution in [0.25, 0.3) is 11.3 Å². The molecule has 3 rings (SSSR count). The number of pyridine rings is 1. The fraction of sp³-hybridized carbons (Fsp3) is 0.0588. The van der Waals surface area contributed by atoms with Crippen molar-refractivity contribution in [1.29, 1.82) is 0 Å². The fourth-order valence-corrected chi connectivity index (χ4v) is 2.23. The number of hydrogen-bond acceptors (Lipinski definition) is 4. The maximum atomic E-state index is 12.6. The minimum absolute atomic E-state index is 0.136. The maximum Gasteiger partial charge on any atom is 0.417 e. The molecule has 0 atom stereocenters. The second-order valence-corrected chi connectivity index (χ2v) is 5.36. The van der Waals surface area contributed by atoms with Gasteiger partial charge in [-0.25, -0.2) is 4.98 Å². The Hall–Kier alpha value is -2.80. The van der Waals surface area contributed by atoms with E-state index in [0.717, 1.165) is 6.07 Å². The third kappa shape index (κ3) is 3.83. The molecule has 25 heavy (non-hydrogen) atoms. The zero-order valence-corrected chi connectivity index (χ0v) is 13.1. The van der Waals surface area contributed by atoms with E-state index >= 15 is 0 Å². The molecule has 0 saturated heterocycles. The number of nitrogens with zero attached hydrogens (tertiary/aromatic N) is 1. The summed E-state index contributed by atoms with van der Waals surface area (Å²) >= 11 is 5.80. The summed E-state index contributed by atoms with van der Waals surface area (Å²) < 4.78 is 48.5. The van der Waals surface area contributed by atoms with Crippen molar-refractivity contribution in [2.45, 2.75) is 6.18 Å². The highest BCUT2D eigenvalue weighted by molar-refractivity contribution is 6.31. The summed E-state index contributed by atoms with van der Waals surface area (Å²) in [7, 11) is 0. The van der Waals surface area contributed by atoms with E-state index in [1.165, 1.54) is 0 Å². The third-order valence-electron chi connectivity index (χ3n) is 3.23. The van der Waals surface area contributed by atoms with Crippen molar-refractivity contribution >= 4 is 17.9 Å². The first-order valence-corrected chi connectivity index (χ1v) is 7.30. The standard InChI is InChI=1S/C17H9ClF3NO3/c18-14-7-11(17(19,20)21)8-22-16(14)25-12-3-1-10(2-4-12)15-6-5-13(9-23)24-15/h1-9H. The van der Waals surface area contributed by atoms with Gasteiger partial charge in [-0.15, -0.1) is 0 Å². The molecular formula is C17H9ClF3NO3. The molecule has 0 N–H and O–H groups in total. The van der Waals surface area contributed by atoms with Gasteiger partial charge in [0.15, 0.2) is 12.0 Å². The molecule has 0 aliphatic rings. The summed E-state index contributed by atoms with van der Waals surface area (Å²) in [5.41, 5.74) is -0.254. The predicted octanol–water partition coefficient (Wildman–Crippen LogP) is 5.62. The van der Waals surface area contributed by atoms with Crippen LogP contribution in [-0.2, 0) is 6.18 Å². The normalized spacial score (nSPS) is 11.4. The lowest BCUT2D eigenvalue weighted by molar-refractivity contribution is -0.137. The molecule has 0 amide bonds. The van der Waals surface area contributed by atoms with Crippen molar-refractivity contribution in [3.63, 3.8) is 0 Å². The van der Waals surface area contributed by atoms with Gasteiger partial charge in [0.1, 0.15) is 16.5 Å². The molecule has 1 aromatic carbocycles. The number of ether oxygens (including phenoxy) is 1. The van der Waals surface area contributed by atoms with Crippen LogP contribution >= 0.6 is 11.6 Å². The van der Waals surface area contributed by atoms with Gasteiger partial charge in [-0.05, 0) is 42.5 Å². The molecule has 0 bridgehead atoms. The van der Waals surface area contributed by atoms with Gasteiger partial charge in [0.05, 0.1) is 5.56 Å². The van der Waals surface area contributed by atoms with Gasteiger partial charge in [-0.2, -0.15) is 13.2 Å². The van der Waals surface area contributed by atoms with Crippen LogP contribution in [0.4, 0.5) is 13.2 Å². The number of rotatable bonds is 4. The molecule has 8 heteroatoms. The average Bonchev–Trinajstić information content (AvgIpc) is 3.05. The van der Waals surface area contributed by atoms with E-state index in [1.54, 1.807) is 36.4 Å². The maximum absolute atomic E-state index is 12.6. The number of aldehydes is 1. The van der Waals surface area contributed by atoms with Gasteiger partial charge >= 0.3 is 6.18 Å². The van der Waals surface area contributed by atoms with E-state index in [-0.39, 0.29) is 16.7 Å². The summed E-state index contributed by atoms with van der Waals surface area (Å²) in [5, 5.41) is -0.249. The minimum atomic E-state index is -4.53. The number of carbonyl (C=O) groups is 1. The molecule has 0 spiro atoms. The molecular weight excluding hydrogens is 359 g/mol. The van der Waals surface area contributed by atoms with Crippen molar-refractivity contribution < 1.29 is 27.1 Å². The summed E-state index contributed by atoms with van der Waals surface area (Å²) in [4.78, 5) is 14.2. The second-order valence-electron chi connectivity index (χ2n) is 4.96. The molecule has 3 aromatic rings. The van der Waals surface area contributed by atoms with Gasteiger partial charge in [0.25, 0.3) is 0 Å². The van der Waals surface area contributed by atoms with E-state index < -0.39 is 11.7 Å². The van der Waals surface area contributed by atoms with Gasteiger partial charge in [0, 0.05) is 11.8 Å². The van der Waals surface area contributed by atoms with Crippen LogP contribution in [0.3, 0.4) is 0 Å². The zero-order chi connectivity index (χ0) is 18.0. The van der Waals surface area contributed by atoms with Crippen molar-refractivity contribution in [3.8, 4) is 23.0 Å². The molecule has 2 aromatic heterocycles. The lowest BCUT2D eigenvalue weighted by Crippen LogP contribution is -2.05. The Balaban J connectivity index is 1.78. The number of carbonyl (C=O) groups excluding carboxylic acids is 1. The Kier molecular flexibility index (Phi) is 4.50. The Morgan fingerprint density at radius 2 is 1.84 bits per heavy atom. The zero-order valence-electron chi connectivity index (χ0n) is 12.4. The summed E-state index contributed by atoms with van der Waals surface area (Å²) in [6.45, 7) is 0. The van der Waals surface area contributed by atoms with Crippen LogP contribution in [0.2, 0.25) is 5.02 Å². The first-order chi connectivity index (χ1) is 11.9. The SMILES string of the molecule is O=Cc1ccc(-c2ccc(Oc3ncc(C(F)(F)F)cc3Cl)cc2)o1. The van der Waals surface area contributed by atoms with Crippen molar-refractivity contribution in [2.75, 3.05) is 0 Å². The first kappa shape index (κ1) is 17.0. The molecule has 0 aliphatic heterocycles. The van der Waals surface area contributed by atoms with Crippen molar-refractivity contribution in [1.82, 2.24) is 4.98 Å². The minimum Gasteiger partial charge on any atom is -0.453 e. The van der Waals surface area contributed by atoms with Crippen LogP contribution in [-0.4, -0.2) is 11.3 Å². The van der Waals surface area contributed by atoms with Crippen LogP contribution in [0, 0.1) is 0 Å². The van der Waals surface area contributed by atoms with Crippen LogP contribution < -0.4 is 4.74 Å². The molecule has 0 saturated carbocycles. The quantitative estimate of drug-likeness (QED) is 0.562. The number of benzene rings is 1. The van der Waals surface area contributed by atoms with E-state index in [9.17, 15) is 18.0 Å². The molecule has 0 unspecified atom stereocenters. The average molecular weight is 368 g/mol. The smallest absolute Gasteiger partial charge is 0.417 e. The summed E-state index contributed by atoms with van der Waals surface area (Å²) in [6.07, 6.45) is -3.28. The van der Waals surface area contributed by atoms with E-state index in [2.05, 4.69) is 4.98 Å². The van der Waals surface area contributed by atoms with Crippen LogP contribution in [0.15, 0.2) is 53.1 Å². The number of furan rings is 1. The predicted molar refractivity (Wildman–Crippen MR) is 83.9 cm³/mol. The van der Waals surface area contributed by atoms with Crippen molar-refractivity contribution in [3.05, 3.63) is 65.0 Å². The molecule has 0 aliphatic carbocycles. The van der Waals surface area contributed by atoms with Crippen molar-refractivity contribution in [2.24, 2.45) is 0 Å². The highest BCUT2D eigenvalue weighted by Crippen LogP contribution is 2.35. The molecule has 2 heterocycles. The van der Waals surface area contributed by atoms with Gasteiger partial charge in [-0.1, -0.05) is 11.6 Å². The van der Waals surface area contributed by atoms with Crippen LogP contribution in [0.5, 0.6) is 11.6 Å². The Labute approximate surface area is 144 Å². The Bertz CT molecular complexity index is 904. The molecule has 0 radical (unpaired) electrons. The Morgan fingerprint density at radius 1 is 1.12 bits per heavy atom. The first-order valence-electron chi connectivity index (χ1n) is 6.93. The van der Waals surface area contributed by atoms with Crippen LogP contribution in [0.1, 0.15) is 16.1 Å². The van der Waals surface area contributed by atoms with Gasteiger partial charge in [-0.3, -0.25) is 4.79 Å². The number of hydrogen-bond donors (Lipinski definition) is 0. The number of halogens is 4. The highest BCUT2D eigenvalue weighted by Gasteiger charge is 2.31. The fourth-order valence-electron chi connectivity index (χ4n) is 2.03. The number of aromatic nitrogens is 1. The highest BCUT2D eigenvalue weighted by atomic mass is 35.5.